The lowest BCUT2D eigenvalue weighted by atomic mass is 10.0. The van der Waals surface area contributed by atoms with E-state index in [1.165, 1.54) is 0 Å². The predicted octanol–water partition coefficient (Wildman–Crippen LogP) is 1.80. The number of para-hydroxylation sites is 2. The molecule has 2 aromatic carbocycles. The minimum Gasteiger partial charge on any atom is -0.493 e. The summed E-state index contributed by atoms with van der Waals surface area (Å²) in [5, 5.41) is 10.5. The molecule has 0 radical (unpaired) electrons. The van der Waals surface area contributed by atoms with Gasteiger partial charge in [0, 0.05) is 43.4 Å². The van der Waals surface area contributed by atoms with Crippen LogP contribution in [-0.4, -0.2) is 83.3 Å². The van der Waals surface area contributed by atoms with Crippen molar-refractivity contribution in [2.24, 2.45) is 5.73 Å². The van der Waals surface area contributed by atoms with E-state index >= 15 is 0 Å². The highest BCUT2D eigenvalue weighted by Gasteiger charge is 2.29. The highest BCUT2D eigenvalue weighted by molar-refractivity contribution is 7.85. The first kappa shape index (κ1) is 26.2. The molecule has 3 rings (SSSR count). The van der Waals surface area contributed by atoms with Crippen LogP contribution in [0, 0.1) is 0 Å². The zero-order valence-electron chi connectivity index (χ0n) is 19.9. The van der Waals surface area contributed by atoms with Gasteiger partial charge in [-0.05, 0) is 36.2 Å². The molecule has 3 unspecified atom stereocenters. The van der Waals surface area contributed by atoms with Gasteiger partial charge in [0.25, 0.3) is 0 Å². The lowest BCUT2D eigenvalue weighted by Gasteiger charge is -2.38. The average Bonchev–Trinajstić information content (AvgIpc) is 2.84. The van der Waals surface area contributed by atoms with Crippen LogP contribution in [0.15, 0.2) is 53.4 Å². The Hall–Kier alpha value is -2.46. The van der Waals surface area contributed by atoms with Crippen LogP contribution in [0.1, 0.15) is 24.9 Å². The molecule has 9 heteroatoms. The van der Waals surface area contributed by atoms with E-state index in [1.54, 1.807) is 7.11 Å². The second-order valence-electron chi connectivity index (χ2n) is 8.38. The first-order valence-electron chi connectivity index (χ1n) is 11.6. The summed E-state index contributed by atoms with van der Waals surface area (Å²) in [5.41, 5.74) is 6.57. The molecule has 3 N–H and O–H groups in total. The molecule has 1 aliphatic heterocycles. The number of methoxy groups -OCH3 is 1. The number of piperazine rings is 1. The molecule has 0 spiro atoms. The molecule has 2 aromatic rings. The Labute approximate surface area is 204 Å². The van der Waals surface area contributed by atoms with Crippen LogP contribution in [0.4, 0.5) is 0 Å². The van der Waals surface area contributed by atoms with Crippen LogP contribution < -0.4 is 15.2 Å². The number of nitrogens with zero attached hydrogens (tertiary/aromatic N) is 2. The summed E-state index contributed by atoms with van der Waals surface area (Å²) in [6.07, 6.45) is 0.198. The van der Waals surface area contributed by atoms with E-state index in [-0.39, 0.29) is 6.61 Å². The molecule has 0 saturated carbocycles. The second-order valence-corrected chi connectivity index (χ2v) is 9.95. The number of carbonyl (C=O) groups excluding carboxylic acids is 1. The molecule has 0 aromatic heterocycles. The summed E-state index contributed by atoms with van der Waals surface area (Å²) in [5.74, 6) is 1.45. The fraction of sp³-hybridized carbons (Fsp3) is 0.480. The van der Waals surface area contributed by atoms with Crippen LogP contribution >= 0.6 is 0 Å². The number of aliphatic hydroxyl groups is 1. The van der Waals surface area contributed by atoms with E-state index in [2.05, 4.69) is 9.80 Å². The number of ether oxygens (including phenoxy) is 2. The van der Waals surface area contributed by atoms with Gasteiger partial charge in [-0.2, -0.15) is 0 Å². The van der Waals surface area contributed by atoms with Crippen molar-refractivity contribution in [3.63, 3.8) is 0 Å². The predicted molar refractivity (Wildman–Crippen MR) is 132 cm³/mol. The maximum atomic E-state index is 12.3. The first-order chi connectivity index (χ1) is 16.4. The average molecular weight is 490 g/mol. The Kier molecular flexibility index (Phi) is 9.88. The van der Waals surface area contributed by atoms with E-state index in [4.69, 9.17) is 15.2 Å². The van der Waals surface area contributed by atoms with Crippen LogP contribution in [0.3, 0.4) is 0 Å². The molecule has 3 atom stereocenters. The second kappa shape index (κ2) is 12.9. The van der Waals surface area contributed by atoms with Gasteiger partial charge >= 0.3 is 0 Å². The minimum atomic E-state index is -1.02. The summed E-state index contributed by atoms with van der Waals surface area (Å²) in [4.78, 5) is 17.3. The molecule has 0 aliphatic carbocycles. The van der Waals surface area contributed by atoms with Crippen molar-refractivity contribution in [2.45, 2.75) is 30.4 Å². The highest BCUT2D eigenvalue weighted by atomic mass is 32.2. The van der Waals surface area contributed by atoms with Crippen molar-refractivity contribution in [3.8, 4) is 11.5 Å². The van der Waals surface area contributed by atoms with Gasteiger partial charge in [0.2, 0.25) is 5.91 Å². The molecule has 34 heavy (non-hydrogen) atoms. The Morgan fingerprint density at radius 2 is 1.74 bits per heavy atom. The van der Waals surface area contributed by atoms with Gasteiger partial charge in [0.1, 0.15) is 18.8 Å². The van der Waals surface area contributed by atoms with Crippen molar-refractivity contribution in [1.82, 2.24) is 9.80 Å². The van der Waals surface area contributed by atoms with E-state index in [1.807, 2.05) is 55.5 Å². The van der Waals surface area contributed by atoms with E-state index in [0.717, 1.165) is 16.9 Å². The summed E-state index contributed by atoms with van der Waals surface area (Å²) >= 11 is 0. The molecular weight excluding hydrogens is 454 g/mol. The normalized spacial score (nSPS) is 17.6. The number of aliphatic hydroxyl groups excluding tert-OH is 1. The molecule has 1 saturated heterocycles. The summed E-state index contributed by atoms with van der Waals surface area (Å²) in [6.45, 7) is 5.34. The third-order valence-electron chi connectivity index (χ3n) is 5.86. The summed E-state index contributed by atoms with van der Waals surface area (Å²) in [7, 11) is 0.558. The maximum absolute atomic E-state index is 12.3. The fourth-order valence-electron chi connectivity index (χ4n) is 4.14. The van der Waals surface area contributed by atoms with Gasteiger partial charge in [-0.25, -0.2) is 0 Å². The van der Waals surface area contributed by atoms with Crippen molar-refractivity contribution >= 4 is 16.7 Å². The maximum Gasteiger partial charge on any atom is 0.239 e. The molecule has 1 heterocycles. The minimum absolute atomic E-state index is 0.163. The third kappa shape index (κ3) is 7.02. The molecule has 1 fully saturated rings. The molecule has 1 amide bonds. The third-order valence-corrected chi connectivity index (χ3v) is 7.44. The summed E-state index contributed by atoms with van der Waals surface area (Å²) < 4.78 is 23.2. The number of benzene rings is 2. The number of β-amino-alcohol motifs (C(OH)–C–C–N with tert-alkyl or cyclic N) is 1. The molecule has 8 nitrogen and oxygen atoms in total. The van der Waals surface area contributed by atoms with Crippen LogP contribution in [0.25, 0.3) is 0 Å². The van der Waals surface area contributed by atoms with Gasteiger partial charge in [0.15, 0.2) is 11.5 Å². The lowest BCUT2D eigenvalue weighted by molar-refractivity contribution is -0.124. The highest BCUT2D eigenvalue weighted by Crippen LogP contribution is 2.26. The largest absolute Gasteiger partial charge is 0.493 e. The van der Waals surface area contributed by atoms with Gasteiger partial charge in [0.05, 0.1) is 17.9 Å². The van der Waals surface area contributed by atoms with E-state index < -0.39 is 28.9 Å². The zero-order chi connectivity index (χ0) is 24.5. The Morgan fingerprint density at radius 1 is 1.09 bits per heavy atom. The molecule has 0 bridgehead atoms. The van der Waals surface area contributed by atoms with Crippen molar-refractivity contribution in [1.29, 1.82) is 0 Å². The number of hydrogen-bond acceptors (Lipinski definition) is 7. The lowest BCUT2D eigenvalue weighted by Crippen LogP contribution is -2.52. The Morgan fingerprint density at radius 3 is 2.32 bits per heavy atom. The van der Waals surface area contributed by atoms with Crippen LogP contribution in [-0.2, 0) is 15.6 Å². The molecule has 186 valence electrons. The van der Waals surface area contributed by atoms with E-state index in [0.29, 0.717) is 50.0 Å². The quantitative estimate of drug-likeness (QED) is 0.468. The number of rotatable bonds is 12. The molecular formula is C25H35N3O5S. The number of primary amides is 1. The number of hydrogen-bond donors (Lipinski definition) is 2. The van der Waals surface area contributed by atoms with Crippen LogP contribution in [0.2, 0.25) is 0 Å². The van der Waals surface area contributed by atoms with Crippen molar-refractivity contribution < 1.29 is 23.6 Å². The topological polar surface area (TPSA) is 105 Å². The molecule has 1 aliphatic rings. The summed E-state index contributed by atoms with van der Waals surface area (Å²) in [6, 6.07) is 14.2. The standard InChI is InChI=1S/C25H35N3O5S/c1-3-16-34(31)21-10-8-19(9-11-21)24(25(26)30)28-14-12-27(13-15-28)17-20(29)18-33-23-7-5-4-6-22(23)32-2/h4-11,20,24,29H,3,12-18H2,1-2H3,(H2,26,30). The van der Waals surface area contributed by atoms with Crippen molar-refractivity contribution in [3.05, 3.63) is 54.1 Å². The Bertz CT molecular complexity index is 948. The van der Waals surface area contributed by atoms with E-state index in [9.17, 15) is 14.1 Å². The number of amides is 1. The van der Waals surface area contributed by atoms with Gasteiger partial charge in [-0.1, -0.05) is 31.2 Å². The first-order valence-corrected chi connectivity index (χ1v) is 12.9. The Balaban J connectivity index is 1.52. The monoisotopic (exact) mass is 489 g/mol. The SMILES string of the molecule is CCCS(=O)c1ccc(C(C(N)=O)N2CCN(CC(O)COc3ccccc3OC)CC2)cc1. The number of nitrogens with two attached hydrogens (primary N) is 1. The van der Waals surface area contributed by atoms with Gasteiger partial charge < -0.3 is 20.3 Å². The smallest absolute Gasteiger partial charge is 0.239 e. The number of carbonyl (C=O) groups is 1. The fourth-order valence-corrected chi connectivity index (χ4v) is 5.19. The van der Waals surface area contributed by atoms with Crippen molar-refractivity contribution in [2.75, 3.05) is 52.2 Å². The zero-order valence-corrected chi connectivity index (χ0v) is 20.7. The van der Waals surface area contributed by atoms with Gasteiger partial charge in [-0.3, -0.25) is 18.8 Å². The van der Waals surface area contributed by atoms with Crippen LogP contribution in [0.5, 0.6) is 11.5 Å². The van der Waals surface area contributed by atoms with Gasteiger partial charge in [-0.15, -0.1) is 0 Å².